The van der Waals surface area contributed by atoms with Crippen molar-refractivity contribution in [3.8, 4) is 0 Å². The molecule has 17 heavy (non-hydrogen) atoms. The quantitative estimate of drug-likeness (QED) is 0.726. The zero-order valence-electron chi connectivity index (χ0n) is 10.9. The van der Waals surface area contributed by atoms with Gasteiger partial charge in [0.05, 0.1) is 11.3 Å². The van der Waals surface area contributed by atoms with E-state index in [2.05, 4.69) is 17.3 Å². The normalized spacial score (nSPS) is 10.6. The van der Waals surface area contributed by atoms with Gasteiger partial charge in [-0.05, 0) is 33.2 Å². The molecule has 1 heterocycles. The number of hydrogen-bond donors (Lipinski definition) is 2. The summed E-state index contributed by atoms with van der Waals surface area (Å²) in [5.41, 5.74) is 7.83. The maximum Gasteiger partial charge on any atom is 0.255 e. The van der Waals surface area contributed by atoms with Crippen molar-refractivity contribution < 1.29 is 4.79 Å². The van der Waals surface area contributed by atoms with Crippen LogP contribution in [0.15, 0.2) is 0 Å². The summed E-state index contributed by atoms with van der Waals surface area (Å²) in [4.78, 5) is 12.0. The van der Waals surface area contributed by atoms with E-state index in [1.165, 1.54) is 0 Å². The van der Waals surface area contributed by atoms with Gasteiger partial charge in [0.15, 0.2) is 0 Å². The minimum atomic E-state index is -0.0456. The highest BCUT2D eigenvalue weighted by Crippen LogP contribution is 2.13. The maximum atomic E-state index is 12.0. The van der Waals surface area contributed by atoms with Crippen LogP contribution >= 0.6 is 0 Å². The standard InChI is InChI=1S/C12H22N4O/c1-4-8-16-10(3)11(9(2)15-16)12(17)14-7-5-6-13/h4-8,13H2,1-3H3,(H,14,17). The number of carbonyl (C=O) groups excluding carboxylic acids is 1. The predicted molar refractivity (Wildman–Crippen MR) is 68.0 cm³/mol. The minimum absolute atomic E-state index is 0.0456. The molecule has 1 amide bonds. The predicted octanol–water partition coefficient (Wildman–Crippen LogP) is 0.989. The molecule has 0 aliphatic rings. The van der Waals surface area contributed by atoms with Crippen LogP contribution in [0.2, 0.25) is 0 Å². The summed E-state index contributed by atoms with van der Waals surface area (Å²) < 4.78 is 1.90. The van der Waals surface area contributed by atoms with E-state index < -0.39 is 0 Å². The lowest BCUT2D eigenvalue weighted by Crippen LogP contribution is -2.27. The van der Waals surface area contributed by atoms with Crippen molar-refractivity contribution in [1.82, 2.24) is 15.1 Å². The summed E-state index contributed by atoms with van der Waals surface area (Å²) in [7, 11) is 0. The number of hydrogen-bond acceptors (Lipinski definition) is 3. The zero-order chi connectivity index (χ0) is 12.8. The van der Waals surface area contributed by atoms with Crippen molar-refractivity contribution in [2.45, 2.75) is 40.2 Å². The smallest absolute Gasteiger partial charge is 0.255 e. The molecule has 0 bridgehead atoms. The Kier molecular flexibility index (Phi) is 5.15. The molecule has 0 unspecified atom stereocenters. The lowest BCUT2D eigenvalue weighted by atomic mass is 10.2. The molecule has 0 fully saturated rings. The third-order valence-electron chi connectivity index (χ3n) is 2.71. The van der Waals surface area contributed by atoms with Gasteiger partial charge in [0.25, 0.3) is 5.91 Å². The number of nitrogens with one attached hydrogen (secondary N) is 1. The van der Waals surface area contributed by atoms with Crippen LogP contribution < -0.4 is 11.1 Å². The Morgan fingerprint density at radius 2 is 2.18 bits per heavy atom. The second kappa shape index (κ2) is 6.39. The van der Waals surface area contributed by atoms with Gasteiger partial charge in [-0.25, -0.2) is 0 Å². The Morgan fingerprint density at radius 1 is 1.47 bits per heavy atom. The fourth-order valence-corrected chi connectivity index (χ4v) is 1.85. The third-order valence-corrected chi connectivity index (χ3v) is 2.71. The van der Waals surface area contributed by atoms with E-state index in [0.717, 1.165) is 30.8 Å². The summed E-state index contributed by atoms with van der Waals surface area (Å²) in [6, 6.07) is 0. The molecular weight excluding hydrogens is 216 g/mol. The fraction of sp³-hybridized carbons (Fsp3) is 0.667. The van der Waals surface area contributed by atoms with Crippen LogP contribution in [-0.4, -0.2) is 28.8 Å². The number of nitrogens with zero attached hydrogens (tertiary/aromatic N) is 2. The van der Waals surface area contributed by atoms with Crippen molar-refractivity contribution in [3.05, 3.63) is 17.0 Å². The highest BCUT2D eigenvalue weighted by Gasteiger charge is 2.17. The van der Waals surface area contributed by atoms with Crippen LogP contribution in [0.5, 0.6) is 0 Å². The van der Waals surface area contributed by atoms with Crippen LogP contribution in [0, 0.1) is 13.8 Å². The van der Waals surface area contributed by atoms with Crippen molar-refractivity contribution in [3.63, 3.8) is 0 Å². The van der Waals surface area contributed by atoms with Crippen molar-refractivity contribution in [2.75, 3.05) is 13.1 Å². The lowest BCUT2D eigenvalue weighted by Gasteiger charge is -2.05. The molecule has 1 aromatic heterocycles. The first kappa shape index (κ1) is 13.7. The van der Waals surface area contributed by atoms with E-state index in [-0.39, 0.29) is 5.91 Å². The maximum absolute atomic E-state index is 12.0. The first-order valence-corrected chi connectivity index (χ1v) is 6.14. The fourth-order valence-electron chi connectivity index (χ4n) is 1.85. The van der Waals surface area contributed by atoms with E-state index in [1.54, 1.807) is 0 Å². The summed E-state index contributed by atoms with van der Waals surface area (Å²) >= 11 is 0. The molecular formula is C12H22N4O. The molecule has 5 nitrogen and oxygen atoms in total. The van der Waals surface area contributed by atoms with Gasteiger partial charge in [0.2, 0.25) is 0 Å². The first-order valence-electron chi connectivity index (χ1n) is 6.14. The second-order valence-corrected chi connectivity index (χ2v) is 4.17. The summed E-state index contributed by atoms with van der Waals surface area (Å²) in [5, 5.41) is 7.25. The highest BCUT2D eigenvalue weighted by molar-refractivity contribution is 5.96. The highest BCUT2D eigenvalue weighted by atomic mass is 16.1. The van der Waals surface area contributed by atoms with E-state index >= 15 is 0 Å². The monoisotopic (exact) mass is 238 g/mol. The Morgan fingerprint density at radius 3 is 2.76 bits per heavy atom. The van der Waals surface area contributed by atoms with Crippen LogP contribution in [0.4, 0.5) is 0 Å². The molecule has 0 aliphatic heterocycles. The number of nitrogens with two attached hydrogens (primary N) is 1. The number of aryl methyl sites for hydroxylation is 2. The lowest BCUT2D eigenvalue weighted by molar-refractivity contribution is 0.0952. The van der Waals surface area contributed by atoms with Crippen LogP contribution in [-0.2, 0) is 6.54 Å². The Labute approximate surface area is 102 Å². The van der Waals surface area contributed by atoms with Gasteiger partial charge in [-0.1, -0.05) is 6.92 Å². The van der Waals surface area contributed by atoms with Gasteiger partial charge in [0.1, 0.15) is 0 Å². The van der Waals surface area contributed by atoms with Crippen molar-refractivity contribution >= 4 is 5.91 Å². The number of carbonyl (C=O) groups is 1. The number of aromatic nitrogens is 2. The first-order chi connectivity index (χ1) is 8.11. The van der Waals surface area contributed by atoms with Gasteiger partial charge in [-0.2, -0.15) is 5.10 Å². The zero-order valence-corrected chi connectivity index (χ0v) is 10.9. The molecule has 96 valence electrons. The summed E-state index contributed by atoms with van der Waals surface area (Å²) in [5.74, 6) is -0.0456. The van der Waals surface area contributed by atoms with Gasteiger partial charge in [-0.15, -0.1) is 0 Å². The number of amides is 1. The molecule has 0 atom stereocenters. The van der Waals surface area contributed by atoms with Crippen molar-refractivity contribution in [1.29, 1.82) is 0 Å². The molecule has 0 saturated carbocycles. The molecule has 3 N–H and O–H groups in total. The Bertz CT molecular complexity index is 384. The molecule has 0 spiro atoms. The summed E-state index contributed by atoms with van der Waals surface area (Å²) in [6.07, 6.45) is 1.81. The second-order valence-electron chi connectivity index (χ2n) is 4.17. The van der Waals surface area contributed by atoms with Crippen LogP contribution in [0.25, 0.3) is 0 Å². The van der Waals surface area contributed by atoms with Crippen LogP contribution in [0.1, 0.15) is 41.5 Å². The van der Waals surface area contributed by atoms with Gasteiger partial charge in [-0.3, -0.25) is 9.48 Å². The average molecular weight is 238 g/mol. The Balaban J connectivity index is 2.78. The molecule has 0 aromatic carbocycles. The molecule has 0 aliphatic carbocycles. The van der Waals surface area contributed by atoms with E-state index in [1.807, 2.05) is 18.5 Å². The largest absolute Gasteiger partial charge is 0.352 e. The topological polar surface area (TPSA) is 72.9 Å². The molecule has 0 radical (unpaired) electrons. The van der Waals surface area contributed by atoms with E-state index in [0.29, 0.717) is 18.7 Å². The van der Waals surface area contributed by atoms with E-state index in [4.69, 9.17) is 5.73 Å². The van der Waals surface area contributed by atoms with Gasteiger partial charge >= 0.3 is 0 Å². The number of rotatable bonds is 6. The summed E-state index contributed by atoms with van der Waals surface area (Å²) in [6.45, 7) is 7.96. The Hall–Kier alpha value is -1.36. The molecule has 0 saturated heterocycles. The molecule has 5 heteroatoms. The van der Waals surface area contributed by atoms with Gasteiger partial charge < -0.3 is 11.1 Å². The third kappa shape index (κ3) is 3.30. The van der Waals surface area contributed by atoms with Gasteiger partial charge in [0, 0.05) is 18.8 Å². The average Bonchev–Trinajstić information content (AvgIpc) is 2.55. The van der Waals surface area contributed by atoms with E-state index in [9.17, 15) is 4.79 Å². The molecule has 1 rings (SSSR count). The van der Waals surface area contributed by atoms with Crippen LogP contribution in [0.3, 0.4) is 0 Å². The molecule has 1 aromatic rings. The SMILES string of the molecule is CCCn1nc(C)c(C(=O)NCCCN)c1C. The van der Waals surface area contributed by atoms with Crippen molar-refractivity contribution in [2.24, 2.45) is 5.73 Å². The minimum Gasteiger partial charge on any atom is -0.352 e.